The molecule has 4 aliphatic carbocycles. The summed E-state index contributed by atoms with van der Waals surface area (Å²) in [7, 11) is 0. The molecule has 2 heteroatoms. The molecule has 0 aromatic carbocycles. The van der Waals surface area contributed by atoms with Crippen molar-refractivity contribution in [1.82, 2.24) is 0 Å². The van der Waals surface area contributed by atoms with E-state index in [0.717, 1.165) is 19.3 Å². The van der Waals surface area contributed by atoms with Gasteiger partial charge in [-0.05, 0) is 62.2 Å². The maximum atomic E-state index is 13.9. The fraction of sp³-hybridized carbons (Fsp3) is 0.875. The molecular weight excluding hydrogens is 320 g/mol. The Balaban J connectivity index is 1.64. The lowest BCUT2D eigenvalue weighted by Gasteiger charge is -2.47. The number of rotatable bonds is 3. The average Bonchev–Trinajstić information content (AvgIpc) is 2.94. The average molecular weight is 359 g/mol. The highest BCUT2D eigenvalue weighted by molar-refractivity contribution is 5.91. The molecule has 26 heavy (non-hydrogen) atoms. The van der Waals surface area contributed by atoms with E-state index < -0.39 is 5.60 Å². The Morgan fingerprint density at radius 1 is 1.12 bits per heavy atom. The molecule has 5 atom stereocenters. The SMILES string of the molecule is CC1=CC[C@H](C(=O)[C@@]2(O)C[C@H]3CC[C@]2(C)C3(C)C)[C@@H](C2CCCCC2)C1. The molecule has 4 rings (SSSR count). The Morgan fingerprint density at radius 2 is 1.81 bits per heavy atom. The molecule has 0 saturated heterocycles. The quantitative estimate of drug-likeness (QED) is 0.658. The number of carbonyl (C=O) groups excluding carboxylic acids is 1. The fourth-order valence-electron chi connectivity index (χ4n) is 7.41. The van der Waals surface area contributed by atoms with Crippen molar-refractivity contribution in [2.45, 2.75) is 97.5 Å². The van der Waals surface area contributed by atoms with Gasteiger partial charge >= 0.3 is 0 Å². The van der Waals surface area contributed by atoms with E-state index >= 15 is 0 Å². The highest BCUT2D eigenvalue weighted by Gasteiger charge is 2.71. The van der Waals surface area contributed by atoms with Gasteiger partial charge in [0.25, 0.3) is 0 Å². The first-order valence-electron chi connectivity index (χ1n) is 11.1. The predicted molar refractivity (Wildman–Crippen MR) is 106 cm³/mol. The summed E-state index contributed by atoms with van der Waals surface area (Å²) in [6, 6.07) is 0. The molecule has 2 bridgehead atoms. The summed E-state index contributed by atoms with van der Waals surface area (Å²) >= 11 is 0. The van der Waals surface area contributed by atoms with Crippen molar-refractivity contribution in [3.8, 4) is 0 Å². The van der Waals surface area contributed by atoms with Crippen LogP contribution in [0.1, 0.15) is 91.9 Å². The minimum atomic E-state index is -1.10. The molecule has 0 aromatic heterocycles. The summed E-state index contributed by atoms with van der Waals surface area (Å²) in [5, 5.41) is 11.8. The topological polar surface area (TPSA) is 37.3 Å². The third-order valence-electron chi connectivity index (χ3n) is 9.68. The number of ketones is 1. The van der Waals surface area contributed by atoms with E-state index in [2.05, 4.69) is 33.8 Å². The van der Waals surface area contributed by atoms with Crippen LogP contribution in [0.3, 0.4) is 0 Å². The Bertz CT molecular complexity index is 612. The molecule has 0 unspecified atom stereocenters. The summed E-state index contributed by atoms with van der Waals surface area (Å²) in [6.07, 6.45) is 13.7. The van der Waals surface area contributed by atoms with Gasteiger partial charge < -0.3 is 5.11 Å². The predicted octanol–water partition coefficient (Wildman–Crippen LogP) is 5.69. The van der Waals surface area contributed by atoms with E-state index in [-0.39, 0.29) is 22.5 Å². The number of hydrogen-bond donors (Lipinski definition) is 1. The van der Waals surface area contributed by atoms with Crippen LogP contribution in [0.25, 0.3) is 0 Å². The molecular formula is C24H38O2. The second-order valence-corrected chi connectivity index (χ2v) is 10.9. The summed E-state index contributed by atoms with van der Waals surface area (Å²) in [5.74, 6) is 1.89. The van der Waals surface area contributed by atoms with E-state index in [4.69, 9.17) is 0 Å². The van der Waals surface area contributed by atoms with Crippen LogP contribution in [0.15, 0.2) is 11.6 Å². The van der Waals surface area contributed by atoms with Crippen molar-refractivity contribution in [2.24, 2.45) is 34.5 Å². The van der Waals surface area contributed by atoms with Crippen molar-refractivity contribution < 1.29 is 9.90 Å². The minimum Gasteiger partial charge on any atom is -0.381 e. The number of aliphatic hydroxyl groups is 1. The van der Waals surface area contributed by atoms with Gasteiger partial charge in [-0.3, -0.25) is 4.79 Å². The molecule has 2 nitrogen and oxygen atoms in total. The first-order chi connectivity index (χ1) is 12.2. The lowest BCUT2D eigenvalue weighted by atomic mass is 9.58. The third-order valence-corrected chi connectivity index (χ3v) is 9.68. The van der Waals surface area contributed by atoms with E-state index in [1.54, 1.807) is 0 Å². The van der Waals surface area contributed by atoms with Crippen molar-refractivity contribution in [1.29, 1.82) is 0 Å². The highest BCUT2D eigenvalue weighted by Crippen LogP contribution is 2.70. The maximum absolute atomic E-state index is 13.9. The fourth-order valence-corrected chi connectivity index (χ4v) is 7.41. The zero-order valence-corrected chi connectivity index (χ0v) is 17.3. The summed E-state index contributed by atoms with van der Waals surface area (Å²) in [6.45, 7) is 9.02. The molecule has 1 N–H and O–H groups in total. The Kier molecular flexibility index (Phi) is 4.46. The molecule has 0 heterocycles. The summed E-state index contributed by atoms with van der Waals surface area (Å²) in [5.41, 5.74) is 0.166. The van der Waals surface area contributed by atoms with Crippen LogP contribution in [0, 0.1) is 34.5 Å². The monoisotopic (exact) mass is 358 g/mol. The molecule has 146 valence electrons. The zero-order chi connectivity index (χ0) is 18.7. The van der Waals surface area contributed by atoms with Gasteiger partial charge in [0.2, 0.25) is 0 Å². The second-order valence-electron chi connectivity index (χ2n) is 10.9. The zero-order valence-electron chi connectivity index (χ0n) is 17.3. The number of allylic oxidation sites excluding steroid dienone is 2. The van der Waals surface area contributed by atoms with Gasteiger partial charge in [0, 0.05) is 11.3 Å². The van der Waals surface area contributed by atoms with Gasteiger partial charge in [0.05, 0.1) is 0 Å². The van der Waals surface area contributed by atoms with Crippen molar-refractivity contribution in [2.75, 3.05) is 0 Å². The number of carbonyl (C=O) groups is 1. The smallest absolute Gasteiger partial charge is 0.168 e. The second kappa shape index (κ2) is 6.19. The molecule has 0 aromatic rings. The molecule has 3 saturated carbocycles. The molecule has 0 aliphatic heterocycles. The van der Waals surface area contributed by atoms with Crippen LogP contribution in [0.2, 0.25) is 0 Å². The van der Waals surface area contributed by atoms with Crippen LogP contribution < -0.4 is 0 Å². The van der Waals surface area contributed by atoms with Gasteiger partial charge in [-0.2, -0.15) is 0 Å². The summed E-state index contributed by atoms with van der Waals surface area (Å²) < 4.78 is 0. The van der Waals surface area contributed by atoms with E-state index in [1.807, 2.05) is 0 Å². The van der Waals surface area contributed by atoms with Crippen molar-refractivity contribution in [3.05, 3.63) is 11.6 Å². The minimum absolute atomic E-state index is 0.0405. The van der Waals surface area contributed by atoms with Gasteiger partial charge in [0.1, 0.15) is 5.60 Å². The van der Waals surface area contributed by atoms with Crippen molar-refractivity contribution >= 4 is 5.78 Å². The highest BCUT2D eigenvalue weighted by atomic mass is 16.3. The number of fused-ring (bicyclic) bond motifs is 2. The van der Waals surface area contributed by atoms with E-state index in [1.165, 1.54) is 44.1 Å². The van der Waals surface area contributed by atoms with Gasteiger partial charge in [-0.25, -0.2) is 0 Å². The van der Waals surface area contributed by atoms with Crippen LogP contribution in [-0.4, -0.2) is 16.5 Å². The Morgan fingerprint density at radius 3 is 2.38 bits per heavy atom. The lowest BCUT2D eigenvalue weighted by molar-refractivity contribution is -0.162. The van der Waals surface area contributed by atoms with Crippen molar-refractivity contribution in [3.63, 3.8) is 0 Å². The Labute approximate surface area is 159 Å². The van der Waals surface area contributed by atoms with E-state index in [0.29, 0.717) is 24.2 Å². The van der Waals surface area contributed by atoms with Gasteiger partial charge in [0.15, 0.2) is 5.78 Å². The molecule has 0 radical (unpaired) electrons. The van der Waals surface area contributed by atoms with Crippen LogP contribution in [0.5, 0.6) is 0 Å². The normalized spacial score (nSPS) is 45.6. The van der Waals surface area contributed by atoms with Crippen LogP contribution in [0.4, 0.5) is 0 Å². The largest absolute Gasteiger partial charge is 0.381 e. The van der Waals surface area contributed by atoms with E-state index in [9.17, 15) is 9.90 Å². The Hall–Kier alpha value is -0.630. The van der Waals surface area contributed by atoms with Crippen LogP contribution >= 0.6 is 0 Å². The molecule has 3 fully saturated rings. The summed E-state index contributed by atoms with van der Waals surface area (Å²) in [4.78, 5) is 13.9. The lowest BCUT2D eigenvalue weighted by Crippen LogP contribution is -2.56. The maximum Gasteiger partial charge on any atom is 0.168 e. The molecule has 4 aliphatic rings. The van der Waals surface area contributed by atoms with Gasteiger partial charge in [-0.15, -0.1) is 0 Å². The standard InChI is InChI=1S/C24H38O2/c1-16-10-11-19(20(14-16)17-8-6-5-7-9-17)21(25)24(26)15-18-12-13-23(24,4)22(18,2)3/h10,17-20,26H,5-9,11-15H2,1-4H3/t18-,19+,20-,23-,24+/m1/s1. The molecule has 0 spiro atoms. The van der Waals surface area contributed by atoms with Gasteiger partial charge in [-0.1, -0.05) is 64.5 Å². The van der Waals surface area contributed by atoms with Crippen LogP contribution in [-0.2, 0) is 4.79 Å². The third kappa shape index (κ3) is 2.43. The number of hydrogen-bond acceptors (Lipinski definition) is 2. The number of Topliss-reactive ketones (excluding diaryl/α,β-unsaturated/α-hetero) is 1. The first-order valence-corrected chi connectivity index (χ1v) is 11.1. The molecule has 0 amide bonds. The first kappa shape index (κ1) is 18.7.